The normalized spacial score (nSPS) is 19.0. The van der Waals surface area contributed by atoms with Gasteiger partial charge in [-0.1, -0.05) is 19.1 Å². The smallest absolute Gasteiger partial charge is 0.317 e. The van der Waals surface area contributed by atoms with Crippen LogP contribution in [-0.4, -0.2) is 24.0 Å². The summed E-state index contributed by atoms with van der Waals surface area (Å²) < 4.78 is 12.9. The molecule has 0 unspecified atom stereocenters. The number of hydrogen-bond acceptors (Lipinski definition) is 1. The van der Waals surface area contributed by atoms with Crippen LogP contribution in [0.15, 0.2) is 24.3 Å². The van der Waals surface area contributed by atoms with E-state index >= 15 is 0 Å². The predicted octanol–water partition coefficient (Wildman–Crippen LogP) is 3.08. The molecule has 1 aromatic rings. The number of nitrogens with one attached hydrogen (secondary N) is 1. The molecular formula is C14H19FN2O. The van der Waals surface area contributed by atoms with Gasteiger partial charge < -0.3 is 10.2 Å². The molecule has 1 N–H and O–H groups in total. The summed E-state index contributed by atoms with van der Waals surface area (Å²) in [5, 5.41) is 2.90. The molecule has 1 aliphatic heterocycles. The Balaban J connectivity index is 2.07. The van der Waals surface area contributed by atoms with Crippen molar-refractivity contribution in [1.29, 1.82) is 0 Å². The summed E-state index contributed by atoms with van der Waals surface area (Å²) in [6.07, 6.45) is 2.88. The lowest BCUT2D eigenvalue weighted by atomic mass is 10.0. The lowest BCUT2D eigenvalue weighted by Gasteiger charge is -2.25. The zero-order valence-electron chi connectivity index (χ0n) is 10.7. The monoisotopic (exact) mass is 250 g/mol. The minimum absolute atomic E-state index is 0.0105. The number of carbonyl (C=O) groups excluding carboxylic acids is 1. The molecule has 0 radical (unpaired) electrons. The third kappa shape index (κ3) is 2.81. The summed E-state index contributed by atoms with van der Waals surface area (Å²) in [5.74, 6) is -0.237. The zero-order valence-corrected chi connectivity index (χ0v) is 10.7. The minimum Gasteiger partial charge on any atom is -0.338 e. The molecule has 2 amide bonds. The van der Waals surface area contributed by atoms with E-state index in [0.717, 1.165) is 31.4 Å². The zero-order chi connectivity index (χ0) is 13.0. The van der Waals surface area contributed by atoms with Gasteiger partial charge >= 0.3 is 6.03 Å². The van der Waals surface area contributed by atoms with Crippen LogP contribution in [0.4, 0.5) is 9.18 Å². The van der Waals surface area contributed by atoms with Gasteiger partial charge in [0.1, 0.15) is 5.82 Å². The number of rotatable bonds is 3. The SMILES string of the molecule is CCCNC(=O)N1CCC[C@@H]1c1ccc(F)cc1. The molecule has 1 heterocycles. The summed E-state index contributed by atoms with van der Waals surface area (Å²) in [6.45, 7) is 3.50. The Hall–Kier alpha value is -1.58. The van der Waals surface area contributed by atoms with Gasteiger partial charge in [-0.15, -0.1) is 0 Å². The van der Waals surface area contributed by atoms with E-state index in [-0.39, 0.29) is 17.9 Å². The summed E-state index contributed by atoms with van der Waals surface area (Å²) in [7, 11) is 0. The van der Waals surface area contributed by atoms with E-state index in [1.54, 1.807) is 12.1 Å². The number of halogens is 1. The number of nitrogens with zero attached hydrogens (tertiary/aromatic N) is 1. The molecule has 4 heteroatoms. The van der Waals surface area contributed by atoms with Crippen molar-refractivity contribution < 1.29 is 9.18 Å². The van der Waals surface area contributed by atoms with E-state index in [1.165, 1.54) is 12.1 Å². The van der Waals surface area contributed by atoms with Crippen LogP contribution in [0.1, 0.15) is 37.8 Å². The summed E-state index contributed by atoms with van der Waals surface area (Å²) in [6, 6.07) is 6.52. The largest absolute Gasteiger partial charge is 0.338 e. The van der Waals surface area contributed by atoms with Gasteiger partial charge in [-0.3, -0.25) is 0 Å². The second kappa shape index (κ2) is 5.85. The van der Waals surface area contributed by atoms with Crippen molar-refractivity contribution in [2.45, 2.75) is 32.2 Å². The highest BCUT2D eigenvalue weighted by Gasteiger charge is 2.29. The van der Waals surface area contributed by atoms with Crippen molar-refractivity contribution >= 4 is 6.03 Å². The Bertz CT molecular complexity index is 405. The minimum atomic E-state index is -0.237. The van der Waals surface area contributed by atoms with Gasteiger partial charge in [-0.2, -0.15) is 0 Å². The van der Waals surface area contributed by atoms with Crippen LogP contribution in [0.2, 0.25) is 0 Å². The van der Waals surface area contributed by atoms with Crippen molar-refractivity contribution in [3.63, 3.8) is 0 Å². The second-order valence-corrected chi connectivity index (χ2v) is 4.63. The van der Waals surface area contributed by atoms with Crippen LogP contribution in [0.5, 0.6) is 0 Å². The van der Waals surface area contributed by atoms with E-state index in [4.69, 9.17) is 0 Å². The van der Waals surface area contributed by atoms with Crippen molar-refractivity contribution in [1.82, 2.24) is 10.2 Å². The molecule has 0 aliphatic carbocycles. The number of urea groups is 1. The van der Waals surface area contributed by atoms with Gasteiger partial charge in [-0.25, -0.2) is 9.18 Å². The molecule has 1 fully saturated rings. The number of hydrogen-bond donors (Lipinski definition) is 1. The quantitative estimate of drug-likeness (QED) is 0.878. The molecule has 18 heavy (non-hydrogen) atoms. The molecule has 3 nitrogen and oxygen atoms in total. The average Bonchev–Trinajstić information content (AvgIpc) is 2.86. The maximum atomic E-state index is 12.9. The standard InChI is InChI=1S/C14H19FN2O/c1-2-9-16-14(18)17-10-3-4-13(17)11-5-7-12(15)8-6-11/h5-8,13H,2-4,9-10H2,1H3,(H,16,18)/t13-/m1/s1. The van der Waals surface area contributed by atoms with Crippen LogP contribution >= 0.6 is 0 Å². The van der Waals surface area contributed by atoms with Crippen molar-refractivity contribution in [2.24, 2.45) is 0 Å². The second-order valence-electron chi connectivity index (χ2n) is 4.63. The Morgan fingerprint density at radius 1 is 1.44 bits per heavy atom. The number of amides is 2. The molecule has 98 valence electrons. The topological polar surface area (TPSA) is 32.3 Å². The fraction of sp³-hybridized carbons (Fsp3) is 0.500. The summed E-state index contributed by atoms with van der Waals surface area (Å²) >= 11 is 0. The fourth-order valence-electron chi connectivity index (χ4n) is 2.37. The first-order valence-corrected chi connectivity index (χ1v) is 6.52. The lowest BCUT2D eigenvalue weighted by molar-refractivity contribution is 0.193. The van der Waals surface area contributed by atoms with E-state index in [1.807, 2.05) is 11.8 Å². The first-order valence-electron chi connectivity index (χ1n) is 6.52. The van der Waals surface area contributed by atoms with Crippen molar-refractivity contribution in [3.05, 3.63) is 35.6 Å². The van der Waals surface area contributed by atoms with Crippen LogP contribution in [-0.2, 0) is 0 Å². The van der Waals surface area contributed by atoms with Crippen molar-refractivity contribution in [3.8, 4) is 0 Å². The molecule has 1 aromatic carbocycles. The van der Waals surface area contributed by atoms with Crippen molar-refractivity contribution in [2.75, 3.05) is 13.1 Å². The molecule has 0 spiro atoms. The fourth-order valence-corrected chi connectivity index (χ4v) is 2.37. The predicted molar refractivity (Wildman–Crippen MR) is 68.8 cm³/mol. The molecule has 0 saturated carbocycles. The number of benzene rings is 1. The first-order chi connectivity index (χ1) is 8.72. The molecule has 1 saturated heterocycles. The number of likely N-dealkylation sites (tertiary alicyclic amines) is 1. The van der Waals surface area contributed by atoms with Crippen LogP contribution in [0.3, 0.4) is 0 Å². The van der Waals surface area contributed by atoms with Crippen LogP contribution < -0.4 is 5.32 Å². The van der Waals surface area contributed by atoms with Gasteiger partial charge in [0.25, 0.3) is 0 Å². The molecule has 1 aliphatic rings. The van der Waals surface area contributed by atoms with E-state index in [0.29, 0.717) is 6.54 Å². The van der Waals surface area contributed by atoms with E-state index in [2.05, 4.69) is 5.32 Å². The molecule has 1 atom stereocenters. The van der Waals surface area contributed by atoms with Crippen LogP contribution in [0.25, 0.3) is 0 Å². The Kier molecular flexibility index (Phi) is 4.18. The van der Waals surface area contributed by atoms with Gasteiger partial charge in [0.2, 0.25) is 0 Å². The average molecular weight is 250 g/mol. The Morgan fingerprint density at radius 3 is 2.83 bits per heavy atom. The lowest BCUT2D eigenvalue weighted by Crippen LogP contribution is -2.39. The summed E-state index contributed by atoms with van der Waals surface area (Å²) in [5.41, 5.74) is 1.01. The third-order valence-corrected chi connectivity index (χ3v) is 3.29. The molecule has 0 bridgehead atoms. The maximum absolute atomic E-state index is 12.9. The molecule has 0 aromatic heterocycles. The summed E-state index contributed by atoms with van der Waals surface area (Å²) in [4.78, 5) is 13.8. The highest BCUT2D eigenvalue weighted by atomic mass is 19.1. The molecule has 2 rings (SSSR count). The van der Waals surface area contributed by atoms with Gasteiger partial charge in [0.05, 0.1) is 6.04 Å². The van der Waals surface area contributed by atoms with E-state index < -0.39 is 0 Å². The molecular weight excluding hydrogens is 231 g/mol. The maximum Gasteiger partial charge on any atom is 0.317 e. The highest BCUT2D eigenvalue weighted by Crippen LogP contribution is 2.31. The van der Waals surface area contributed by atoms with Gasteiger partial charge in [0, 0.05) is 13.1 Å². The van der Waals surface area contributed by atoms with E-state index in [9.17, 15) is 9.18 Å². The Labute approximate surface area is 107 Å². The highest BCUT2D eigenvalue weighted by molar-refractivity contribution is 5.75. The number of carbonyl (C=O) groups is 1. The third-order valence-electron chi connectivity index (χ3n) is 3.29. The van der Waals surface area contributed by atoms with Gasteiger partial charge in [0.15, 0.2) is 0 Å². The Morgan fingerprint density at radius 2 is 2.17 bits per heavy atom. The first kappa shape index (κ1) is 12.9. The van der Waals surface area contributed by atoms with Gasteiger partial charge in [-0.05, 0) is 37.0 Å². The van der Waals surface area contributed by atoms with Crippen LogP contribution in [0, 0.1) is 5.82 Å².